The molecule has 18 heavy (non-hydrogen) atoms. The van der Waals surface area contributed by atoms with Gasteiger partial charge in [-0.3, -0.25) is 9.48 Å². The first-order chi connectivity index (χ1) is 8.60. The van der Waals surface area contributed by atoms with Crippen LogP contribution in [0.25, 0.3) is 0 Å². The zero-order valence-corrected chi connectivity index (χ0v) is 11.1. The van der Waals surface area contributed by atoms with Gasteiger partial charge in [-0.05, 0) is 13.5 Å². The lowest BCUT2D eigenvalue weighted by atomic mass is 10.3. The minimum atomic E-state index is 0.122. The Balaban J connectivity index is 1.91. The monoisotopic (exact) mass is 251 g/mol. The third-order valence-electron chi connectivity index (χ3n) is 3.46. The van der Waals surface area contributed by atoms with Crippen molar-refractivity contribution < 1.29 is 4.79 Å². The molecule has 2 rings (SSSR count). The number of likely N-dealkylation sites (N-methyl/N-ethyl adjacent to an activating group) is 1. The number of hydrogen-bond donors (Lipinski definition) is 1. The van der Waals surface area contributed by atoms with Crippen molar-refractivity contribution in [1.82, 2.24) is 19.6 Å². The minimum absolute atomic E-state index is 0.122. The lowest BCUT2D eigenvalue weighted by Gasteiger charge is -2.34. The minimum Gasteiger partial charge on any atom is -0.382 e. The normalized spacial score (nSPS) is 17.1. The smallest absolute Gasteiger partial charge is 0.244 e. The van der Waals surface area contributed by atoms with Crippen molar-refractivity contribution in [3.05, 3.63) is 11.8 Å². The molecule has 0 aliphatic carbocycles. The standard InChI is InChI=1S/C12H21N5O/c1-3-15-4-6-16(7-5-15)12(18)9-17-10(2)8-11(13)14-17/h8H,3-7,9H2,1-2H3,(H2,13,14). The maximum absolute atomic E-state index is 12.1. The average molecular weight is 251 g/mol. The third-order valence-corrected chi connectivity index (χ3v) is 3.46. The van der Waals surface area contributed by atoms with Gasteiger partial charge in [-0.2, -0.15) is 5.10 Å². The second kappa shape index (κ2) is 5.39. The van der Waals surface area contributed by atoms with Crippen LogP contribution in [0.15, 0.2) is 6.07 Å². The topological polar surface area (TPSA) is 67.4 Å². The summed E-state index contributed by atoms with van der Waals surface area (Å²) in [6, 6.07) is 1.78. The van der Waals surface area contributed by atoms with E-state index in [9.17, 15) is 4.79 Å². The van der Waals surface area contributed by atoms with Gasteiger partial charge in [0.05, 0.1) is 0 Å². The van der Waals surface area contributed by atoms with Gasteiger partial charge in [0.1, 0.15) is 12.4 Å². The average Bonchev–Trinajstić information content (AvgIpc) is 2.68. The van der Waals surface area contributed by atoms with Crippen LogP contribution in [0.4, 0.5) is 5.82 Å². The van der Waals surface area contributed by atoms with Gasteiger partial charge in [-0.1, -0.05) is 6.92 Å². The number of aromatic nitrogens is 2. The Morgan fingerprint density at radius 2 is 2.06 bits per heavy atom. The zero-order valence-electron chi connectivity index (χ0n) is 11.1. The molecule has 0 aromatic carbocycles. The molecule has 1 saturated heterocycles. The molecule has 1 fully saturated rings. The summed E-state index contributed by atoms with van der Waals surface area (Å²) >= 11 is 0. The molecule has 1 aliphatic rings. The first-order valence-corrected chi connectivity index (χ1v) is 6.40. The predicted molar refractivity (Wildman–Crippen MR) is 70.1 cm³/mol. The van der Waals surface area contributed by atoms with E-state index in [4.69, 9.17) is 5.73 Å². The van der Waals surface area contributed by atoms with E-state index >= 15 is 0 Å². The molecule has 0 bridgehead atoms. The Hall–Kier alpha value is -1.56. The number of nitrogens with zero attached hydrogens (tertiary/aromatic N) is 4. The second-order valence-corrected chi connectivity index (χ2v) is 4.68. The van der Waals surface area contributed by atoms with Gasteiger partial charge >= 0.3 is 0 Å². The van der Waals surface area contributed by atoms with Crippen LogP contribution in [-0.4, -0.2) is 58.2 Å². The summed E-state index contributed by atoms with van der Waals surface area (Å²) in [6.45, 7) is 8.93. The molecule has 0 saturated carbocycles. The number of hydrogen-bond acceptors (Lipinski definition) is 4. The molecule has 2 N–H and O–H groups in total. The number of nitrogens with two attached hydrogens (primary N) is 1. The Kier molecular flexibility index (Phi) is 3.86. The Morgan fingerprint density at radius 3 is 2.56 bits per heavy atom. The highest BCUT2D eigenvalue weighted by Gasteiger charge is 2.20. The molecule has 1 aromatic rings. The molecule has 0 unspecified atom stereocenters. The van der Waals surface area contributed by atoms with Crippen LogP contribution >= 0.6 is 0 Å². The number of aryl methyl sites for hydroxylation is 1. The maximum atomic E-state index is 12.1. The van der Waals surface area contributed by atoms with Gasteiger partial charge in [0.15, 0.2) is 0 Å². The molecule has 1 aliphatic heterocycles. The second-order valence-electron chi connectivity index (χ2n) is 4.68. The van der Waals surface area contributed by atoms with E-state index in [1.54, 1.807) is 10.7 Å². The maximum Gasteiger partial charge on any atom is 0.244 e. The van der Waals surface area contributed by atoms with Gasteiger partial charge in [-0.15, -0.1) is 0 Å². The molecule has 0 atom stereocenters. The van der Waals surface area contributed by atoms with Gasteiger partial charge in [0, 0.05) is 37.9 Å². The van der Waals surface area contributed by atoms with Crippen LogP contribution in [0.5, 0.6) is 0 Å². The van der Waals surface area contributed by atoms with Crippen molar-refractivity contribution in [2.24, 2.45) is 0 Å². The molecule has 0 spiro atoms. The van der Waals surface area contributed by atoms with Crippen molar-refractivity contribution >= 4 is 11.7 Å². The number of carbonyl (C=O) groups is 1. The summed E-state index contributed by atoms with van der Waals surface area (Å²) in [5, 5.41) is 4.11. The summed E-state index contributed by atoms with van der Waals surface area (Å²) in [5.74, 6) is 0.591. The Labute approximate surface area is 107 Å². The quantitative estimate of drug-likeness (QED) is 0.817. The molecule has 0 radical (unpaired) electrons. The molecule has 100 valence electrons. The largest absolute Gasteiger partial charge is 0.382 e. The highest BCUT2D eigenvalue weighted by atomic mass is 16.2. The number of nitrogen functional groups attached to an aromatic ring is 1. The fourth-order valence-electron chi connectivity index (χ4n) is 2.24. The third kappa shape index (κ3) is 2.81. The summed E-state index contributed by atoms with van der Waals surface area (Å²) in [6.07, 6.45) is 0. The Bertz CT molecular complexity index is 420. The first kappa shape index (κ1) is 12.9. The van der Waals surface area contributed by atoms with Crippen LogP contribution in [-0.2, 0) is 11.3 Å². The zero-order chi connectivity index (χ0) is 13.1. The highest BCUT2D eigenvalue weighted by molar-refractivity contribution is 5.76. The van der Waals surface area contributed by atoms with Gasteiger partial charge in [0.25, 0.3) is 0 Å². The van der Waals surface area contributed by atoms with E-state index in [0.717, 1.165) is 38.4 Å². The Morgan fingerprint density at radius 1 is 1.39 bits per heavy atom. The van der Waals surface area contributed by atoms with Crippen LogP contribution in [0.1, 0.15) is 12.6 Å². The molecule has 1 amide bonds. The van der Waals surface area contributed by atoms with Crippen molar-refractivity contribution in [3.63, 3.8) is 0 Å². The van der Waals surface area contributed by atoms with E-state index in [2.05, 4.69) is 16.9 Å². The first-order valence-electron chi connectivity index (χ1n) is 6.40. The van der Waals surface area contributed by atoms with Crippen LogP contribution in [0, 0.1) is 6.92 Å². The molecule has 2 heterocycles. The van der Waals surface area contributed by atoms with Crippen LogP contribution in [0.2, 0.25) is 0 Å². The number of anilines is 1. The van der Waals surface area contributed by atoms with Gasteiger partial charge in [-0.25, -0.2) is 0 Å². The van der Waals surface area contributed by atoms with Crippen LogP contribution < -0.4 is 5.73 Å². The molecule has 6 nitrogen and oxygen atoms in total. The number of carbonyl (C=O) groups excluding carboxylic acids is 1. The highest BCUT2D eigenvalue weighted by Crippen LogP contribution is 2.07. The summed E-state index contributed by atoms with van der Waals surface area (Å²) in [7, 11) is 0. The van der Waals surface area contributed by atoms with E-state index in [-0.39, 0.29) is 12.5 Å². The lowest BCUT2D eigenvalue weighted by Crippen LogP contribution is -2.49. The number of piperazine rings is 1. The van der Waals surface area contributed by atoms with Gasteiger partial charge in [0.2, 0.25) is 5.91 Å². The van der Waals surface area contributed by atoms with Crippen molar-refractivity contribution in [2.45, 2.75) is 20.4 Å². The van der Waals surface area contributed by atoms with Gasteiger partial charge < -0.3 is 15.5 Å². The summed E-state index contributed by atoms with van der Waals surface area (Å²) in [4.78, 5) is 16.4. The van der Waals surface area contributed by atoms with E-state index in [0.29, 0.717) is 5.82 Å². The van der Waals surface area contributed by atoms with E-state index < -0.39 is 0 Å². The fourth-order valence-corrected chi connectivity index (χ4v) is 2.24. The molecule has 6 heteroatoms. The van der Waals surface area contributed by atoms with Crippen molar-refractivity contribution in [1.29, 1.82) is 0 Å². The van der Waals surface area contributed by atoms with Crippen molar-refractivity contribution in [2.75, 3.05) is 38.5 Å². The summed E-state index contributed by atoms with van der Waals surface area (Å²) < 4.78 is 1.67. The number of rotatable bonds is 3. The molecular formula is C12H21N5O. The number of amides is 1. The van der Waals surface area contributed by atoms with E-state index in [1.807, 2.05) is 11.8 Å². The summed E-state index contributed by atoms with van der Waals surface area (Å²) in [5.41, 5.74) is 6.53. The van der Waals surface area contributed by atoms with Crippen molar-refractivity contribution in [3.8, 4) is 0 Å². The predicted octanol–water partition coefficient (Wildman–Crippen LogP) is -0.0622. The lowest BCUT2D eigenvalue weighted by molar-refractivity contribution is -0.133. The molecular weight excluding hydrogens is 230 g/mol. The fraction of sp³-hybridized carbons (Fsp3) is 0.667. The van der Waals surface area contributed by atoms with Crippen LogP contribution in [0.3, 0.4) is 0 Å². The SMILES string of the molecule is CCN1CCN(C(=O)Cn2nc(N)cc2C)CC1. The van der Waals surface area contributed by atoms with E-state index in [1.165, 1.54) is 0 Å². The molecule has 1 aromatic heterocycles.